The van der Waals surface area contributed by atoms with Gasteiger partial charge in [0.15, 0.2) is 10.1 Å². The number of anilines is 2. The van der Waals surface area contributed by atoms with Gasteiger partial charge in [-0.15, -0.1) is 10.2 Å². The van der Waals surface area contributed by atoms with E-state index >= 15 is 4.39 Å². The second-order valence-electron chi connectivity index (χ2n) is 10.2. The number of rotatable bonds is 6. The Morgan fingerprint density at radius 1 is 1.27 bits per heavy atom. The number of hydrogen-bond acceptors (Lipinski definition) is 9. The zero-order valence-electron chi connectivity index (χ0n) is 21.6. The van der Waals surface area contributed by atoms with E-state index in [1.54, 1.807) is 35.2 Å². The van der Waals surface area contributed by atoms with E-state index in [2.05, 4.69) is 37.5 Å². The van der Waals surface area contributed by atoms with Crippen LogP contribution >= 0.6 is 39.0 Å². The number of nitrogens with zero attached hydrogens (tertiary/aromatic N) is 4. The molecule has 0 radical (unpaired) electrons. The summed E-state index contributed by atoms with van der Waals surface area (Å²) >= 11 is 5.80. The van der Waals surface area contributed by atoms with Crippen LogP contribution in [-0.4, -0.2) is 27.6 Å². The van der Waals surface area contributed by atoms with Crippen LogP contribution in [0.3, 0.4) is 0 Å². The number of allylic oxidation sites excluding steroid dienone is 3. The van der Waals surface area contributed by atoms with Gasteiger partial charge in [0.1, 0.15) is 11.6 Å². The Morgan fingerprint density at radius 3 is 2.77 bits per heavy atom. The first kappa shape index (κ1) is 28.0. The van der Waals surface area contributed by atoms with Crippen molar-refractivity contribution in [3.63, 3.8) is 0 Å². The lowest BCUT2D eigenvalue weighted by Gasteiger charge is -2.42. The molecule has 1 aliphatic carbocycles. The minimum atomic E-state index is -0.912. The number of hydrogen-bond donors (Lipinski definition) is 2. The number of thioether (sulfide) groups is 1. The van der Waals surface area contributed by atoms with Crippen LogP contribution in [0, 0.1) is 22.6 Å². The molecule has 3 aromatic rings. The number of amides is 1. The first-order valence-corrected chi connectivity index (χ1v) is 14.9. The summed E-state index contributed by atoms with van der Waals surface area (Å²) in [5.74, 6) is -1.61. The van der Waals surface area contributed by atoms with Gasteiger partial charge in [0.2, 0.25) is 11.0 Å². The van der Waals surface area contributed by atoms with Crippen molar-refractivity contribution in [2.24, 2.45) is 11.1 Å². The molecule has 0 spiro atoms. The number of nitrogens with one attached hydrogen (secondary N) is 1. The highest BCUT2D eigenvalue weighted by molar-refractivity contribution is 9.10. The van der Waals surface area contributed by atoms with Crippen LogP contribution in [0.5, 0.6) is 0 Å². The lowest BCUT2D eigenvalue weighted by Crippen LogP contribution is -2.42. The molecule has 204 valence electrons. The first-order valence-electron chi connectivity index (χ1n) is 12.3. The van der Waals surface area contributed by atoms with Gasteiger partial charge in [0, 0.05) is 33.4 Å². The smallest absolute Gasteiger partial charge is 0.234 e. The molecule has 2 aliphatic rings. The number of carbonyl (C=O) groups excluding carboxylic acids is 2. The van der Waals surface area contributed by atoms with E-state index < -0.39 is 11.7 Å². The molecule has 2 heterocycles. The Labute approximate surface area is 247 Å². The fraction of sp³-hybridized carbons (Fsp3) is 0.250. The molecule has 1 aliphatic heterocycles. The maximum absolute atomic E-state index is 15.0. The van der Waals surface area contributed by atoms with Crippen LogP contribution in [0.4, 0.5) is 15.2 Å². The Morgan fingerprint density at radius 2 is 2.05 bits per heavy atom. The van der Waals surface area contributed by atoms with E-state index in [-0.39, 0.29) is 46.2 Å². The molecule has 2 aromatic carbocycles. The van der Waals surface area contributed by atoms with E-state index in [9.17, 15) is 14.9 Å². The molecule has 3 N–H and O–H groups in total. The molecule has 12 heteroatoms. The molecule has 1 atom stereocenters. The highest BCUT2D eigenvalue weighted by Crippen LogP contribution is 2.51. The van der Waals surface area contributed by atoms with Gasteiger partial charge in [-0.25, -0.2) is 4.39 Å². The number of nitrogens with two attached hydrogens (primary N) is 1. The molecule has 1 amide bonds. The molecular formula is C28H24BrFN6O2S2. The zero-order valence-corrected chi connectivity index (χ0v) is 24.8. The van der Waals surface area contributed by atoms with Crippen LogP contribution < -0.4 is 16.0 Å². The van der Waals surface area contributed by atoms with Gasteiger partial charge in [-0.2, -0.15) is 5.26 Å². The predicted molar refractivity (Wildman–Crippen MR) is 157 cm³/mol. The Balaban J connectivity index is 1.47. The van der Waals surface area contributed by atoms with Crippen molar-refractivity contribution in [1.29, 1.82) is 5.26 Å². The topological polar surface area (TPSA) is 125 Å². The quantitative estimate of drug-likeness (QED) is 0.310. The summed E-state index contributed by atoms with van der Waals surface area (Å²) in [5.41, 5.74) is 8.13. The maximum Gasteiger partial charge on any atom is 0.234 e. The molecule has 0 bridgehead atoms. The Kier molecular flexibility index (Phi) is 7.81. The number of carbonyl (C=O) groups is 2. The van der Waals surface area contributed by atoms with Gasteiger partial charge in [-0.1, -0.05) is 77.1 Å². The normalized spacial score (nSPS) is 18.4. The highest BCUT2D eigenvalue weighted by Gasteiger charge is 2.46. The summed E-state index contributed by atoms with van der Waals surface area (Å²) < 4.78 is 16.4. The summed E-state index contributed by atoms with van der Waals surface area (Å²) in [5, 5.41) is 21.9. The van der Waals surface area contributed by atoms with Gasteiger partial charge < -0.3 is 11.1 Å². The minimum Gasteiger partial charge on any atom is -0.384 e. The van der Waals surface area contributed by atoms with Gasteiger partial charge >= 0.3 is 0 Å². The standard InChI is InChI=1S/C28H24BrFN6O2S2/c1-28(2)11-20-24(21(37)12-28)23(17-8-3-4-9-19(17)30)18(13-31)25(32)36(20)26-34-35-27(40-26)39-14-22(38)33-16-7-5-6-15(29)10-16/h3-10,23H,11-12,14,32H2,1-2H3,(H,33,38). The third kappa shape index (κ3) is 5.54. The van der Waals surface area contributed by atoms with Crippen molar-refractivity contribution in [3.05, 3.63) is 87.0 Å². The fourth-order valence-corrected chi connectivity index (χ4v) is 7.07. The first-order chi connectivity index (χ1) is 19.1. The summed E-state index contributed by atoms with van der Waals surface area (Å²) in [4.78, 5) is 27.7. The summed E-state index contributed by atoms with van der Waals surface area (Å²) in [7, 11) is 0. The van der Waals surface area contributed by atoms with Crippen molar-refractivity contribution < 1.29 is 14.0 Å². The number of benzene rings is 2. The van der Waals surface area contributed by atoms with Crippen molar-refractivity contribution in [3.8, 4) is 6.07 Å². The molecule has 40 heavy (non-hydrogen) atoms. The SMILES string of the molecule is CC1(C)CC(=O)C2=C(C1)N(c1nnc(SCC(=O)Nc3cccc(Br)c3)s1)C(N)=C(C#N)C2c1ccccc1F. The fourth-order valence-electron chi connectivity index (χ4n) is 4.99. The van der Waals surface area contributed by atoms with Gasteiger partial charge in [0.05, 0.1) is 23.3 Å². The van der Waals surface area contributed by atoms with Crippen molar-refractivity contribution in [2.75, 3.05) is 16.0 Å². The number of aromatic nitrogens is 2. The van der Waals surface area contributed by atoms with Gasteiger partial charge in [0.25, 0.3) is 0 Å². The summed E-state index contributed by atoms with van der Waals surface area (Å²) in [6, 6.07) is 15.6. The lowest BCUT2D eigenvalue weighted by molar-refractivity contribution is -0.118. The molecule has 8 nitrogen and oxygen atoms in total. The van der Waals surface area contributed by atoms with Crippen molar-refractivity contribution >= 4 is 61.5 Å². The number of Topliss-reactive ketones (excluding diaryl/α,β-unsaturated/α-hetero) is 1. The second kappa shape index (κ2) is 11.2. The van der Waals surface area contributed by atoms with Crippen molar-refractivity contribution in [1.82, 2.24) is 10.2 Å². The minimum absolute atomic E-state index is 0.0784. The molecule has 0 saturated heterocycles. The third-order valence-corrected chi connectivity index (χ3v) is 9.15. The summed E-state index contributed by atoms with van der Waals surface area (Å²) in [6.07, 6.45) is 0.725. The van der Waals surface area contributed by atoms with Crippen LogP contribution in [-0.2, 0) is 9.59 Å². The summed E-state index contributed by atoms with van der Waals surface area (Å²) in [6.45, 7) is 3.96. The molecular weight excluding hydrogens is 615 g/mol. The Bertz CT molecular complexity index is 1630. The number of ketones is 1. The molecule has 1 aromatic heterocycles. The van der Waals surface area contributed by atoms with Crippen LogP contribution in [0.15, 0.2) is 80.0 Å². The lowest BCUT2D eigenvalue weighted by atomic mass is 9.68. The van der Waals surface area contributed by atoms with Crippen LogP contribution in [0.2, 0.25) is 0 Å². The number of nitriles is 1. The van der Waals surface area contributed by atoms with E-state index in [0.717, 1.165) is 4.47 Å². The van der Waals surface area contributed by atoms with Crippen LogP contribution in [0.25, 0.3) is 0 Å². The maximum atomic E-state index is 15.0. The third-order valence-electron chi connectivity index (χ3n) is 6.62. The van der Waals surface area contributed by atoms with Gasteiger partial charge in [-0.05, 0) is 36.1 Å². The van der Waals surface area contributed by atoms with E-state index in [4.69, 9.17) is 5.73 Å². The molecule has 5 rings (SSSR count). The van der Waals surface area contributed by atoms with E-state index in [0.29, 0.717) is 32.8 Å². The molecule has 0 fully saturated rings. The predicted octanol–water partition coefficient (Wildman–Crippen LogP) is 6.11. The Hall–Kier alpha value is -3.53. The molecule has 0 saturated carbocycles. The average Bonchev–Trinajstić information content (AvgIpc) is 3.35. The van der Waals surface area contributed by atoms with Crippen molar-refractivity contribution in [2.45, 2.75) is 36.9 Å². The van der Waals surface area contributed by atoms with Gasteiger partial charge in [-0.3, -0.25) is 14.5 Å². The molecule has 1 unspecified atom stereocenters. The highest BCUT2D eigenvalue weighted by atomic mass is 79.9. The largest absolute Gasteiger partial charge is 0.384 e. The average molecular weight is 640 g/mol. The zero-order chi connectivity index (χ0) is 28.6. The monoisotopic (exact) mass is 638 g/mol. The second-order valence-corrected chi connectivity index (χ2v) is 13.3. The van der Waals surface area contributed by atoms with Crippen LogP contribution in [0.1, 0.15) is 38.2 Å². The van der Waals surface area contributed by atoms with E-state index in [1.165, 1.54) is 29.2 Å². The number of halogens is 2. The van der Waals surface area contributed by atoms with E-state index in [1.807, 2.05) is 26.0 Å².